The van der Waals surface area contributed by atoms with E-state index in [1.54, 1.807) is 4.90 Å². The predicted octanol–water partition coefficient (Wildman–Crippen LogP) is 2.06. The molecule has 1 aliphatic heterocycles. The highest BCUT2D eigenvalue weighted by Crippen LogP contribution is 2.11. The second-order valence-electron chi connectivity index (χ2n) is 6.70. The Balaban J connectivity index is 0.00000529. The van der Waals surface area contributed by atoms with E-state index in [0.29, 0.717) is 51.9 Å². The first-order valence-corrected chi connectivity index (χ1v) is 7.94. The summed E-state index contributed by atoms with van der Waals surface area (Å²) in [6, 6.07) is 0. The van der Waals surface area contributed by atoms with Gasteiger partial charge in [-0.3, -0.25) is 4.99 Å². The molecule has 1 aliphatic rings. The van der Waals surface area contributed by atoms with Gasteiger partial charge in [0, 0.05) is 26.2 Å². The Morgan fingerprint density at radius 3 is 2.25 bits per heavy atom. The van der Waals surface area contributed by atoms with Crippen LogP contribution in [0.3, 0.4) is 0 Å². The Labute approximate surface area is 162 Å². The topological polar surface area (TPSA) is 80.4 Å². The number of guanidine groups is 1. The van der Waals surface area contributed by atoms with Gasteiger partial charge in [0.25, 0.3) is 0 Å². The lowest BCUT2D eigenvalue weighted by Crippen LogP contribution is -2.53. The van der Waals surface area contributed by atoms with E-state index >= 15 is 0 Å². The zero-order valence-electron chi connectivity index (χ0n) is 15.2. The summed E-state index contributed by atoms with van der Waals surface area (Å²) < 4.78 is 10.7. The number of piperazine rings is 1. The van der Waals surface area contributed by atoms with Crippen LogP contribution in [-0.4, -0.2) is 73.4 Å². The molecule has 1 heterocycles. The Morgan fingerprint density at radius 1 is 1.21 bits per heavy atom. The van der Waals surface area contributed by atoms with Crippen molar-refractivity contribution in [2.24, 2.45) is 10.7 Å². The maximum atomic E-state index is 12.0. The van der Waals surface area contributed by atoms with Crippen molar-refractivity contribution in [1.82, 2.24) is 9.80 Å². The summed E-state index contributed by atoms with van der Waals surface area (Å²) in [5.41, 5.74) is 6.49. The van der Waals surface area contributed by atoms with Crippen LogP contribution in [0.15, 0.2) is 17.1 Å². The van der Waals surface area contributed by atoms with Gasteiger partial charge in [-0.05, 0) is 27.7 Å². The zero-order chi connectivity index (χ0) is 17.5. The first-order chi connectivity index (χ1) is 10.7. The number of hydrogen-bond acceptors (Lipinski definition) is 4. The molecule has 0 atom stereocenters. The number of hydrogen-bond donors (Lipinski definition) is 1. The minimum atomic E-state index is -0.474. The van der Waals surface area contributed by atoms with Crippen molar-refractivity contribution in [3.8, 4) is 0 Å². The molecule has 0 aromatic heterocycles. The average molecular weight is 454 g/mol. The maximum Gasteiger partial charge on any atom is 0.410 e. The summed E-state index contributed by atoms with van der Waals surface area (Å²) in [5, 5.41) is 0. The number of carbonyl (C=O) groups excluding carboxylic acids is 1. The summed E-state index contributed by atoms with van der Waals surface area (Å²) in [4.78, 5) is 20.0. The number of nitrogens with two attached hydrogens (primary N) is 1. The van der Waals surface area contributed by atoms with Crippen LogP contribution in [0, 0.1) is 0 Å². The van der Waals surface area contributed by atoms with Gasteiger partial charge >= 0.3 is 6.09 Å². The SMILES string of the molecule is C=C(C)COCCN=C(N)N1CCN(C(=O)OC(C)(C)C)CC1.I. The predicted molar refractivity (Wildman–Crippen MR) is 107 cm³/mol. The van der Waals surface area contributed by atoms with E-state index in [1.165, 1.54) is 0 Å². The zero-order valence-corrected chi connectivity index (χ0v) is 17.5. The Hall–Kier alpha value is -1.03. The van der Waals surface area contributed by atoms with Crippen LogP contribution in [0.1, 0.15) is 27.7 Å². The molecule has 1 rings (SSSR count). The van der Waals surface area contributed by atoms with E-state index in [2.05, 4.69) is 11.6 Å². The highest BCUT2D eigenvalue weighted by atomic mass is 127. The summed E-state index contributed by atoms with van der Waals surface area (Å²) in [6.07, 6.45) is -0.277. The lowest BCUT2D eigenvalue weighted by atomic mass is 10.2. The lowest BCUT2D eigenvalue weighted by molar-refractivity contribution is 0.0186. The molecule has 24 heavy (non-hydrogen) atoms. The molecule has 0 spiro atoms. The third-order valence-electron chi connectivity index (χ3n) is 3.11. The molecule has 1 amide bonds. The number of aliphatic imine (C=N–C) groups is 1. The molecular formula is C16H31IN4O3. The number of amides is 1. The van der Waals surface area contributed by atoms with Crippen LogP contribution < -0.4 is 5.73 Å². The van der Waals surface area contributed by atoms with Crippen molar-refractivity contribution in [2.45, 2.75) is 33.3 Å². The molecule has 0 bridgehead atoms. The first-order valence-electron chi connectivity index (χ1n) is 7.94. The van der Waals surface area contributed by atoms with Crippen LogP contribution in [-0.2, 0) is 9.47 Å². The highest BCUT2D eigenvalue weighted by Gasteiger charge is 2.26. The summed E-state index contributed by atoms with van der Waals surface area (Å²) in [7, 11) is 0. The molecule has 0 saturated carbocycles. The van der Waals surface area contributed by atoms with E-state index in [0.717, 1.165) is 5.57 Å². The number of carbonyl (C=O) groups is 1. The van der Waals surface area contributed by atoms with Crippen LogP contribution in [0.25, 0.3) is 0 Å². The lowest BCUT2D eigenvalue weighted by Gasteiger charge is -2.36. The van der Waals surface area contributed by atoms with E-state index in [9.17, 15) is 4.79 Å². The third kappa shape index (κ3) is 9.31. The van der Waals surface area contributed by atoms with E-state index in [-0.39, 0.29) is 30.1 Å². The number of ether oxygens (including phenoxy) is 2. The largest absolute Gasteiger partial charge is 0.444 e. The number of rotatable bonds is 5. The van der Waals surface area contributed by atoms with Crippen molar-refractivity contribution in [1.29, 1.82) is 0 Å². The molecule has 1 fully saturated rings. The first kappa shape index (κ1) is 23.0. The average Bonchev–Trinajstić information content (AvgIpc) is 2.44. The molecule has 0 aromatic carbocycles. The normalized spacial score (nSPS) is 15.8. The van der Waals surface area contributed by atoms with Crippen molar-refractivity contribution in [3.05, 3.63) is 12.2 Å². The minimum absolute atomic E-state index is 0. The van der Waals surface area contributed by atoms with Crippen molar-refractivity contribution in [2.75, 3.05) is 45.9 Å². The van der Waals surface area contributed by atoms with Gasteiger partial charge in [0.05, 0.1) is 19.8 Å². The molecule has 0 unspecified atom stereocenters. The molecule has 2 N–H and O–H groups in total. The third-order valence-corrected chi connectivity index (χ3v) is 3.11. The van der Waals surface area contributed by atoms with Crippen LogP contribution in [0.2, 0.25) is 0 Å². The standard InChI is InChI=1S/C16H30N4O3.HI/c1-13(2)12-22-11-6-18-14(17)19-7-9-20(10-8-19)15(21)23-16(3,4)5;/h1,6-12H2,2-5H3,(H2,17,18);1H. The fourth-order valence-corrected chi connectivity index (χ4v) is 2.02. The molecule has 7 nitrogen and oxygen atoms in total. The second-order valence-corrected chi connectivity index (χ2v) is 6.70. The van der Waals surface area contributed by atoms with Gasteiger partial charge in [-0.15, -0.1) is 24.0 Å². The molecule has 0 aliphatic carbocycles. The fourth-order valence-electron chi connectivity index (χ4n) is 2.02. The van der Waals surface area contributed by atoms with Crippen LogP contribution >= 0.6 is 24.0 Å². The Kier molecular flexibility index (Phi) is 10.3. The van der Waals surface area contributed by atoms with Crippen LogP contribution in [0.4, 0.5) is 4.79 Å². The summed E-state index contributed by atoms with van der Waals surface area (Å²) in [5.74, 6) is 0.493. The fraction of sp³-hybridized carbons (Fsp3) is 0.750. The van der Waals surface area contributed by atoms with Crippen molar-refractivity contribution in [3.63, 3.8) is 0 Å². The molecule has 8 heteroatoms. The van der Waals surface area contributed by atoms with Gasteiger partial charge in [0.15, 0.2) is 5.96 Å². The summed E-state index contributed by atoms with van der Waals surface area (Å²) in [6.45, 7) is 15.3. The van der Waals surface area contributed by atoms with Gasteiger partial charge in [-0.1, -0.05) is 12.2 Å². The molecule has 0 radical (unpaired) electrons. The van der Waals surface area contributed by atoms with Crippen molar-refractivity contribution < 1.29 is 14.3 Å². The minimum Gasteiger partial charge on any atom is -0.444 e. The van der Waals surface area contributed by atoms with Crippen LogP contribution in [0.5, 0.6) is 0 Å². The van der Waals surface area contributed by atoms with Gasteiger partial charge < -0.3 is 25.0 Å². The quantitative estimate of drug-likeness (QED) is 0.226. The van der Waals surface area contributed by atoms with Gasteiger partial charge in [-0.25, -0.2) is 4.79 Å². The molecule has 140 valence electrons. The van der Waals surface area contributed by atoms with E-state index < -0.39 is 5.60 Å². The smallest absolute Gasteiger partial charge is 0.410 e. The number of nitrogens with zero attached hydrogens (tertiary/aromatic N) is 3. The summed E-state index contributed by atoms with van der Waals surface area (Å²) >= 11 is 0. The maximum absolute atomic E-state index is 12.0. The monoisotopic (exact) mass is 454 g/mol. The van der Waals surface area contributed by atoms with Gasteiger partial charge in [0.2, 0.25) is 0 Å². The van der Waals surface area contributed by atoms with Crippen molar-refractivity contribution >= 4 is 36.0 Å². The second kappa shape index (κ2) is 10.8. The van der Waals surface area contributed by atoms with Gasteiger partial charge in [0.1, 0.15) is 5.60 Å². The van der Waals surface area contributed by atoms with E-state index in [1.807, 2.05) is 32.6 Å². The molecule has 0 aromatic rings. The van der Waals surface area contributed by atoms with Gasteiger partial charge in [-0.2, -0.15) is 0 Å². The number of halogens is 1. The molecule has 1 saturated heterocycles. The Bertz CT molecular complexity index is 441. The van der Waals surface area contributed by atoms with E-state index in [4.69, 9.17) is 15.2 Å². The molecular weight excluding hydrogens is 423 g/mol. The Morgan fingerprint density at radius 2 is 1.75 bits per heavy atom. The highest BCUT2D eigenvalue weighted by molar-refractivity contribution is 14.0.